The van der Waals surface area contributed by atoms with E-state index in [-0.39, 0.29) is 0 Å². The molecule has 0 radical (unpaired) electrons. The summed E-state index contributed by atoms with van der Waals surface area (Å²) in [4.78, 5) is 0. The fraction of sp³-hybridized carbons (Fsp3) is 0.765. The predicted octanol–water partition coefficient (Wildman–Crippen LogP) is 2.11. The first kappa shape index (κ1) is 14.3. The zero-order chi connectivity index (χ0) is 13.9. The number of allylic oxidation sites excluding steroid dienone is 1. The summed E-state index contributed by atoms with van der Waals surface area (Å²) in [7, 11) is 0. The Morgan fingerprint density at radius 3 is 2.45 bits per heavy atom. The van der Waals surface area contributed by atoms with E-state index in [1.165, 1.54) is 43.5 Å². The van der Waals surface area contributed by atoms with E-state index in [1.54, 1.807) is 0 Å². The van der Waals surface area contributed by atoms with Crippen LogP contribution in [0.3, 0.4) is 0 Å². The maximum Gasteiger partial charge on any atom is 0.0747 e. The molecule has 3 heteroatoms. The van der Waals surface area contributed by atoms with Crippen LogP contribution >= 0.6 is 0 Å². The Labute approximate surface area is 122 Å². The van der Waals surface area contributed by atoms with Crippen molar-refractivity contribution in [1.82, 2.24) is 10.6 Å². The van der Waals surface area contributed by atoms with E-state index in [1.807, 2.05) is 0 Å². The van der Waals surface area contributed by atoms with Crippen LogP contribution in [-0.4, -0.2) is 38.9 Å². The van der Waals surface area contributed by atoms with Crippen LogP contribution in [0.15, 0.2) is 24.3 Å². The molecule has 3 saturated heterocycles. The van der Waals surface area contributed by atoms with Crippen molar-refractivity contribution in [2.75, 3.05) is 32.8 Å². The van der Waals surface area contributed by atoms with Crippen molar-refractivity contribution < 1.29 is 4.74 Å². The van der Waals surface area contributed by atoms with E-state index >= 15 is 0 Å². The number of fused-ring (bicyclic) bond motifs is 2. The molecule has 0 spiro atoms. The summed E-state index contributed by atoms with van der Waals surface area (Å²) < 4.78 is 5.55. The third kappa shape index (κ3) is 3.33. The number of rotatable bonds is 0. The van der Waals surface area contributed by atoms with Crippen molar-refractivity contribution >= 4 is 0 Å². The molecular formula is C17H28N2O. The quantitative estimate of drug-likeness (QED) is 0.665. The van der Waals surface area contributed by atoms with E-state index in [0.29, 0.717) is 12.0 Å². The summed E-state index contributed by atoms with van der Waals surface area (Å²) in [6.07, 6.45) is 5.60. The third-order valence-corrected chi connectivity index (χ3v) is 5.23. The second kappa shape index (κ2) is 6.42. The summed E-state index contributed by atoms with van der Waals surface area (Å²) in [5.74, 6) is 2.62. The second-order valence-electron chi connectivity index (χ2n) is 6.89. The maximum absolute atomic E-state index is 5.55. The summed E-state index contributed by atoms with van der Waals surface area (Å²) >= 11 is 0. The first-order valence-corrected chi connectivity index (χ1v) is 8.08. The highest BCUT2D eigenvalue weighted by Crippen LogP contribution is 2.34. The van der Waals surface area contributed by atoms with Gasteiger partial charge in [-0.15, -0.1) is 0 Å². The van der Waals surface area contributed by atoms with E-state index < -0.39 is 0 Å². The highest BCUT2D eigenvalue weighted by atomic mass is 16.5. The average molecular weight is 276 g/mol. The molecule has 4 atom stereocenters. The molecule has 0 aromatic rings. The monoisotopic (exact) mass is 276 g/mol. The minimum atomic E-state index is 0.477. The molecule has 112 valence electrons. The number of nitrogens with one attached hydrogen (secondary N) is 2. The predicted molar refractivity (Wildman–Crippen MR) is 82.7 cm³/mol. The Bertz CT molecular complexity index is 343. The summed E-state index contributed by atoms with van der Waals surface area (Å²) in [6, 6.07) is 0. The van der Waals surface area contributed by atoms with Gasteiger partial charge in [-0.2, -0.15) is 0 Å². The Kier molecular flexibility index (Phi) is 4.59. The highest BCUT2D eigenvalue weighted by Gasteiger charge is 2.31. The molecule has 20 heavy (non-hydrogen) atoms. The van der Waals surface area contributed by atoms with Crippen LogP contribution < -0.4 is 10.6 Å². The molecule has 4 unspecified atom stereocenters. The molecular weight excluding hydrogens is 248 g/mol. The number of ether oxygens (including phenoxy) is 1. The smallest absolute Gasteiger partial charge is 0.0747 e. The van der Waals surface area contributed by atoms with Crippen molar-refractivity contribution in [3.8, 4) is 0 Å². The van der Waals surface area contributed by atoms with E-state index in [4.69, 9.17) is 4.74 Å². The Morgan fingerprint density at radius 1 is 0.850 bits per heavy atom. The SMILES string of the molecule is C=C1CCC2CNCC2C1.C=C1COC2CNCC2C1. The molecule has 2 N–H and O–H groups in total. The molecule has 0 aromatic carbocycles. The fourth-order valence-electron chi connectivity index (χ4n) is 3.99. The molecule has 3 heterocycles. The van der Waals surface area contributed by atoms with Crippen LogP contribution in [0.5, 0.6) is 0 Å². The molecule has 1 aliphatic carbocycles. The lowest BCUT2D eigenvalue weighted by Gasteiger charge is -2.26. The summed E-state index contributed by atoms with van der Waals surface area (Å²) in [5, 5.41) is 6.76. The minimum Gasteiger partial charge on any atom is -0.372 e. The zero-order valence-corrected chi connectivity index (χ0v) is 12.5. The van der Waals surface area contributed by atoms with Crippen molar-refractivity contribution in [3.05, 3.63) is 24.3 Å². The van der Waals surface area contributed by atoms with Crippen molar-refractivity contribution in [1.29, 1.82) is 0 Å². The van der Waals surface area contributed by atoms with Gasteiger partial charge in [0.1, 0.15) is 0 Å². The zero-order valence-electron chi connectivity index (χ0n) is 12.5. The van der Waals surface area contributed by atoms with Gasteiger partial charge in [-0.05, 0) is 50.6 Å². The molecule has 3 aliphatic heterocycles. The Morgan fingerprint density at radius 2 is 1.55 bits per heavy atom. The van der Waals surface area contributed by atoms with Crippen molar-refractivity contribution in [2.45, 2.75) is 31.8 Å². The van der Waals surface area contributed by atoms with Gasteiger partial charge < -0.3 is 15.4 Å². The van der Waals surface area contributed by atoms with Crippen LogP contribution in [-0.2, 0) is 4.74 Å². The van der Waals surface area contributed by atoms with Gasteiger partial charge in [0.2, 0.25) is 0 Å². The van der Waals surface area contributed by atoms with Crippen molar-refractivity contribution in [3.63, 3.8) is 0 Å². The van der Waals surface area contributed by atoms with Gasteiger partial charge in [0.25, 0.3) is 0 Å². The molecule has 4 fully saturated rings. The largest absolute Gasteiger partial charge is 0.372 e. The lowest BCUT2D eigenvalue weighted by molar-refractivity contribution is 0.0286. The van der Waals surface area contributed by atoms with Crippen LogP contribution in [0, 0.1) is 17.8 Å². The van der Waals surface area contributed by atoms with Crippen LogP contribution in [0.2, 0.25) is 0 Å². The van der Waals surface area contributed by atoms with Gasteiger partial charge in [-0.25, -0.2) is 0 Å². The van der Waals surface area contributed by atoms with Crippen LogP contribution in [0.25, 0.3) is 0 Å². The molecule has 3 nitrogen and oxygen atoms in total. The van der Waals surface area contributed by atoms with E-state index in [9.17, 15) is 0 Å². The fourth-order valence-corrected chi connectivity index (χ4v) is 3.99. The molecule has 0 bridgehead atoms. The highest BCUT2D eigenvalue weighted by molar-refractivity contribution is 5.04. The van der Waals surface area contributed by atoms with Crippen molar-refractivity contribution in [2.24, 2.45) is 17.8 Å². The van der Waals surface area contributed by atoms with E-state index in [0.717, 1.165) is 38.0 Å². The van der Waals surface area contributed by atoms with Gasteiger partial charge in [-0.3, -0.25) is 0 Å². The van der Waals surface area contributed by atoms with Gasteiger partial charge >= 0.3 is 0 Å². The molecule has 0 aromatic heterocycles. The normalized spacial score (nSPS) is 39.8. The van der Waals surface area contributed by atoms with E-state index in [2.05, 4.69) is 23.8 Å². The van der Waals surface area contributed by atoms with Gasteiger partial charge in [-0.1, -0.05) is 24.3 Å². The Hall–Kier alpha value is -0.640. The van der Waals surface area contributed by atoms with Gasteiger partial charge in [0.05, 0.1) is 12.7 Å². The standard InChI is InChI=1S/C9H15N.C8H13NO/c1-7-2-3-8-5-10-6-9(8)4-7;1-6-2-7-3-9-4-8(7)10-5-6/h8-10H,1-6H2;7-9H,1-5H2. The second-order valence-corrected chi connectivity index (χ2v) is 6.89. The first-order valence-electron chi connectivity index (χ1n) is 8.08. The molecule has 4 rings (SSSR count). The molecule has 4 aliphatic rings. The number of hydrogen-bond donors (Lipinski definition) is 2. The first-order chi connectivity index (χ1) is 9.72. The van der Waals surface area contributed by atoms with Gasteiger partial charge in [0, 0.05) is 19.0 Å². The minimum absolute atomic E-state index is 0.477. The van der Waals surface area contributed by atoms with Crippen LogP contribution in [0.1, 0.15) is 25.7 Å². The number of hydrogen-bond acceptors (Lipinski definition) is 3. The summed E-state index contributed by atoms with van der Waals surface area (Å²) in [6.45, 7) is 13.4. The lowest BCUT2D eigenvalue weighted by atomic mass is 9.80. The molecule has 0 amide bonds. The van der Waals surface area contributed by atoms with Gasteiger partial charge in [0.15, 0.2) is 0 Å². The average Bonchev–Trinajstić information content (AvgIpc) is 3.06. The maximum atomic E-state index is 5.55. The third-order valence-electron chi connectivity index (χ3n) is 5.23. The topological polar surface area (TPSA) is 33.3 Å². The molecule has 1 saturated carbocycles. The van der Waals surface area contributed by atoms with Crippen LogP contribution in [0.4, 0.5) is 0 Å². The Balaban J connectivity index is 0.000000121. The summed E-state index contributed by atoms with van der Waals surface area (Å²) in [5.41, 5.74) is 2.73. The lowest BCUT2D eigenvalue weighted by Crippen LogP contribution is -2.28.